The standard InChI is InChI=1S/C21H22ClN3O3/c1-25(2)19(16-6-4-5-7-17(16)22)13-23-21(26)18-12-20(28-24-18)14-8-10-15(27-3)11-9-14/h4-12,19H,13H2,1-3H3,(H,23,26). The van der Waals surface area contributed by atoms with Crippen molar-refractivity contribution in [2.45, 2.75) is 6.04 Å². The van der Waals surface area contributed by atoms with Gasteiger partial charge in [0.15, 0.2) is 11.5 Å². The van der Waals surface area contributed by atoms with Crippen LogP contribution < -0.4 is 10.1 Å². The van der Waals surface area contributed by atoms with Crippen molar-refractivity contribution < 1.29 is 14.1 Å². The van der Waals surface area contributed by atoms with Gasteiger partial charge in [-0.1, -0.05) is 35.0 Å². The van der Waals surface area contributed by atoms with E-state index in [0.717, 1.165) is 16.9 Å². The molecule has 2 aromatic carbocycles. The largest absolute Gasteiger partial charge is 0.497 e. The van der Waals surface area contributed by atoms with Crippen molar-refractivity contribution in [2.75, 3.05) is 27.7 Å². The maximum atomic E-state index is 12.5. The summed E-state index contributed by atoms with van der Waals surface area (Å²) in [5.41, 5.74) is 1.99. The number of methoxy groups -OCH3 is 1. The van der Waals surface area contributed by atoms with Crippen LogP contribution in [-0.2, 0) is 0 Å². The van der Waals surface area contributed by atoms with Crippen LogP contribution in [0.25, 0.3) is 11.3 Å². The molecule has 1 heterocycles. The molecular formula is C21H22ClN3O3. The highest BCUT2D eigenvalue weighted by molar-refractivity contribution is 6.31. The number of ether oxygens (including phenoxy) is 1. The van der Waals surface area contributed by atoms with Crippen molar-refractivity contribution in [3.63, 3.8) is 0 Å². The van der Waals surface area contributed by atoms with Gasteiger partial charge in [0.2, 0.25) is 0 Å². The summed E-state index contributed by atoms with van der Waals surface area (Å²) >= 11 is 6.31. The van der Waals surface area contributed by atoms with Crippen LogP contribution in [0.1, 0.15) is 22.1 Å². The minimum atomic E-state index is -0.303. The first-order valence-corrected chi connectivity index (χ1v) is 9.17. The number of carbonyl (C=O) groups excluding carboxylic acids is 1. The van der Waals surface area contributed by atoms with Gasteiger partial charge < -0.3 is 19.5 Å². The fraction of sp³-hybridized carbons (Fsp3) is 0.238. The van der Waals surface area contributed by atoms with Crippen molar-refractivity contribution in [3.8, 4) is 17.1 Å². The van der Waals surface area contributed by atoms with E-state index in [2.05, 4.69) is 10.5 Å². The average Bonchev–Trinajstić information content (AvgIpc) is 3.19. The van der Waals surface area contributed by atoms with Gasteiger partial charge in [-0.05, 0) is 50.0 Å². The predicted molar refractivity (Wildman–Crippen MR) is 109 cm³/mol. The number of hydrogen-bond donors (Lipinski definition) is 1. The van der Waals surface area contributed by atoms with Gasteiger partial charge in [0.25, 0.3) is 5.91 Å². The smallest absolute Gasteiger partial charge is 0.273 e. The summed E-state index contributed by atoms with van der Waals surface area (Å²) in [6.07, 6.45) is 0. The summed E-state index contributed by atoms with van der Waals surface area (Å²) in [6.45, 7) is 0.389. The SMILES string of the molecule is COc1ccc(-c2cc(C(=O)NCC(c3ccccc3Cl)N(C)C)no2)cc1. The van der Waals surface area contributed by atoms with E-state index in [1.165, 1.54) is 0 Å². The second-order valence-corrected chi connectivity index (χ2v) is 6.92. The molecule has 0 radical (unpaired) electrons. The average molecular weight is 400 g/mol. The second kappa shape index (κ2) is 8.91. The van der Waals surface area contributed by atoms with E-state index in [1.807, 2.05) is 67.5 Å². The topological polar surface area (TPSA) is 67.6 Å². The lowest BCUT2D eigenvalue weighted by atomic mass is 10.1. The van der Waals surface area contributed by atoms with Gasteiger partial charge >= 0.3 is 0 Å². The Hall–Kier alpha value is -2.83. The Bertz CT molecular complexity index is 938. The van der Waals surface area contributed by atoms with E-state index in [0.29, 0.717) is 17.3 Å². The number of halogens is 1. The zero-order valence-electron chi connectivity index (χ0n) is 16.0. The molecule has 0 saturated carbocycles. The van der Waals surface area contributed by atoms with Crippen molar-refractivity contribution in [3.05, 3.63) is 70.9 Å². The van der Waals surface area contributed by atoms with E-state index in [1.54, 1.807) is 13.2 Å². The van der Waals surface area contributed by atoms with Crippen molar-refractivity contribution in [1.82, 2.24) is 15.4 Å². The number of hydrogen-bond acceptors (Lipinski definition) is 5. The molecule has 0 fully saturated rings. The van der Waals surface area contributed by atoms with Crippen molar-refractivity contribution in [2.24, 2.45) is 0 Å². The van der Waals surface area contributed by atoms with Crippen LogP contribution in [0.3, 0.4) is 0 Å². The molecule has 0 spiro atoms. The summed E-state index contributed by atoms with van der Waals surface area (Å²) in [4.78, 5) is 14.5. The van der Waals surface area contributed by atoms with Gasteiger partial charge in [-0.25, -0.2) is 0 Å². The number of nitrogens with zero attached hydrogens (tertiary/aromatic N) is 2. The number of likely N-dealkylation sites (N-methyl/N-ethyl adjacent to an activating group) is 1. The minimum absolute atomic E-state index is 0.0643. The highest BCUT2D eigenvalue weighted by Gasteiger charge is 2.20. The molecule has 3 aromatic rings. The van der Waals surface area contributed by atoms with Crippen LogP contribution in [0.15, 0.2) is 59.1 Å². The fourth-order valence-electron chi connectivity index (χ4n) is 2.87. The summed E-state index contributed by atoms with van der Waals surface area (Å²) < 4.78 is 10.5. The molecule has 1 unspecified atom stereocenters. The molecule has 0 aliphatic rings. The lowest BCUT2D eigenvalue weighted by Gasteiger charge is -2.25. The quantitative estimate of drug-likeness (QED) is 0.649. The van der Waals surface area contributed by atoms with Crippen LogP contribution in [0.4, 0.5) is 0 Å². The Kier molecular flexibility index (Phi) is 6.34. The third kappa shape index (κ3) is 4.52. The van der Waals surface area contributed by atoms with Gasteiger partial charge in [0, 0.05) is 23.2 Å². The third-order valence-corrected chi connectivity index (χ3v) is 4.81. The molecular weight excluding hydrogens is 378 g/mol. The van der Waals surface area contributed by atoms with E-state index in [4.69, 9.17) is 20.9 Å². The van der Waals surface area contributed by atoms with E-state index in [9.17, 15) is 4.79 Å². The number of rotatable bonds is 7. The van der Waals surface area contributed by atoms with Crippen LogP contribution in [0, 0.1) is 0 Å². The Balaban J connectivity index is 1.69. The molecule has 6 nitrogen and oxygen atoms in total. The van der Waals surface area contributed by atoms with Gasteiger partial charge in [0.1, 0.15) is 5.75 Å². The van der Waals surface area contributed by atoms with E-state index >= 15 is 0 Å². The maximum absolute atomic E-state index is 12.5. The van der Waals surface area contributed by atoms with Gasteiger partial charge in [-0.15, -0.1) is 0 Å². The summed E-state index contributed by atoms with van der Waals surface area (Å²) in [7, 11) is 5.49. The monoisotopic (exact) mass is 399 g/mol. The van der Waals surface area contributed by atoms with E-state index < -0.39 is 0 Å². The van der Waals surface area contributed by atoms with Gasteiger partial charge in [-0.2, -0.15) is 0 Å². The third-order valence-electron chi connectivity index (χ3n) is 4.46. The lowest BCUT2D eigenvalue weighted by molar-refractivity contribution is 0.0933. The number of benzene rings is 2. The molecule has 1 aromatic heterocycles. The second-order valence-electron chi connectivity index (χ2n) is 6.52. The highest BCUT2D eigenvalue weighted by Crippen LogP contribution is 2.26. The zero-order valence-corrected chi connectivity index (χ0v) is 16.7. The minimum Gasteiger partial charge on any atom is -0.497 e. The lowest BCUT2D eigenvalue weighted by Crippen LogP contribution is -2.34. The zero-order chi connectivity index (χ0) is 20.1. The predicted octanol–water partition coefficient (Wildman–Crippen LogP) is 4.04. The molecule has 0 bridgehead atoms. The normalized spacial score (nSPS) is 12.0. The summed E-state index contributed by atoms with van der Waals surface area (Å²) in [5, 5.41) is 7.46. The van der Waals surface area contributed by atoms with Crippen molar-refractivity contribution >= 4 is 17.5 Å². The van der Waals surface area contributed by atoms with Crippen LogP contribution >= 0.6 is 11.6 Å². The maximum Gasteiger partial charge on any atom is 0.273 e. The number of nitrogens with one attached hydrogen (secondary N) is 1. The summed E-state index contributed by atoms with van der Waals surface area (Å²) in [6, 6.07) is 16.5. The number of aromatic nitrogens is 1. The van der Waals surface area contributed by atoms with Crippen LogP contribution in [0.5, 0.6) is 5.75 Å². The highest BCUT2D eigenvalue weighted by atomic mass is 35.5. The Morgan fingerprint density at radius 3 is 2.57 bits per heavy atom. The molecule has 1 atom stereocenters. The molecule has 3 rings (SSSR count). The first kappa shape index (κ1) is 19.9. The molecule has 0 aliphatic heterocycles. The molecule has 1 N–H and O–H groups in total. The van der Waals surface area contributed by atoms with E-state index in [-0.39, 0.29) is 17.6 Å². The molecule has 1 amide bonds. The Morgan fingerprint density at radius 1 is 1.21 bits per heavy atom. The molecule has 7 heteroatoms. The summed E-state index contributed by atoms with van der Waals surface area (Å²) in [5.74, 6) is 0.959. The van der Waals surface area contributed by atoms with Crippen LogP contribution in [0.2, 0.25) is 5.02 Å². The first-order chi connectivity index (χ1) is 13.5. The Labute approximate surface area is 169 Å². The molecule has 146 valence electrons. The Morgan fingerprint density at radius 2 is 1.93 bits per heavy atom. The molecule has 0 aliphatic carbocycles. The van der Waals surface area contributed by atoms with Gasteiger partial charge in [0.05, 0.1) is 13.2 Å². The van der Waals surface area contributed by atoms with Gasteiger partial charge in [-0.3, -0.25) is 4.79 Å². The van der Waals surface area contributed by atoms with Crippen LogP contribution in [-0.4, -0.2) is 43.7 Å². The molecule has 28 heavy (non-hydrogen) atoms. The number of amides is 1. The molecule has 0 saturated heterocycles. The number of carbonyl (C=O) groups is 1. The fourth-order valence-corrected chi connectivity index (χ4v) is 3.13. The first-order valence-electron chi connectivity index (χ1n) is 8.79. The van der Waals surface area contributed by atoms with Crippen molar-refractivity contribution in [1.29, 1.82) is 0 Å².